The van der Waals surface area contributed by atoms with Gasteiger partial charge in [0.05, 0.1) is 0 Å². The molecule has 2 aliphatic rings. The van der Waals surface area contributed by atoms with Crippen LogP contribution in [0.4, 0.5) is 0 Å². The zero-order chi connectivity index (χ0) is 14.2. The van der Waals surface area contributed by atoms with Gasteiger partial charge in [0.2, 0.25) is 0 Å². The summed E-state index contributed by atoms with van der Waals surface area (Å²) in [5.41, 5.74) is 3.95. The van der Waals surface area contributed by atoms with E-state index in [1.165, 1.54) is 24.4 Å². The molecule has 0 fully saturated rings. The lowest BCUT2D eigenvalue weighted by Crippen LogP contribution is -2.27. The first-order valence-electron chi connectivity index (χ1n) is 7.70. The van der Waals surface area contributed by atoms with Crippen LogP contribution in [-0.2, 0) is 17.3 Å². The van der Waals surface area contributed by atoms with Gasteiger partial charge >= 0.3 is 0 Å². The molecule has 19 heavy (non-hydrogen) atoms. The molecule has 106 valence electrons. The molecule has 0 aliphatic heterocycles. The summed E-state index contributed by atoms with van der Waals surface area (Å²) in [5.74, 6) is 3.25. The molecule has 0 saturated carbocycles. The van der Waals surface area contributed by atoms with Gasteiger partial charge in [-0.1, -0.05) is 48.5 Å². The molecule has 0 N–H and O–H groups in total. The number of aryl methyl sites for hydroxylation is 1. The molecule has 1 unspecified atom stereocenters. The van der Waals surface area contributed by atoms with Crippen molar-refractivity contribution in [2.24, 2.45) is 5.41 Å². The Morgan fingerprint density at radius 3 is 2.32 bits per heavy atom. The third kappa shape index (κ3) is 1.73. The molecule has 0 saturated heterocycles. The summed E-state index contributed by atoms with van der Waals surface area (Å²) in [6, 6.07) is 0. The Morgan fingerprint density at radius 1 is 1.11 bits per heavy atom. The first-order valence-corrected chi connectivity index (χ1v) is 7.70. The Balaban J connectivity index is 2.27. The Morgan fingerprint density at radius 2 is 1.74 bits per heavy atom. The summed E-state index contributed by atoms with van der Waals surface area (Å²) < 4.78 is 6.35. The van der Waals surface area contributed by atoms with Gasteiger partial charge in [0, 0.05) is 23.0 Å². The molecule has 1 nitrogen and oxygen atoms in total. The van der Waals surface area contributed by atoms with Crippen molar-refractivity contribution in [2.75, 3.05) is 0 Å². The molecule has 0 aromatic carbocycles. The molecule has 0 radical (unpaired) electrons. The lowest BCUT2D eigenvalue weighted by atomic mass is 9.68. The van der Waals surface area contributed by atoms with Crippen molar-refractivity contribution >= 4 is 0 Å². The van der Waals surface area contributed by atoms with Gasteiger partial charge in [0.15, 0.2) is 0 Å². The number of furan rings is 1. The van der Waals surface area contributed by atoms with Gasteiger partial charge in [0.1, 0.15) is 11.5 Å². The predicted molar refractivity (Wildman–Crippen MR) is 79.9 cm³/mol. The van der Waals surface area contributed by atoms with Crippen LogP contribution in [0.3, 0.4) is 0 Å². The topological polar surface area (TPSA) is 13.1 Å². The van der Waals surface area contributed by atoms with Crippen molar-refractivity contribution < 1.29 is 4.42 Å². The smallest absolute Gasteiger partial charge is 0.113 e. The predicted octanol–water partition coefficient (Wildman–Crippen LogP) is 5.31. The lowest BCUT2D eigenvalue weighted by molar-refractivity contribution is 0.207. The second-order valence-corrected chi connectivity index (χ2v) is 9.02. The highest BCUT2D eigenvalue weighted by Gasteiger charge is 2.51. The minimum atomic E-state index is 0.114. The van der Waals surface area contributed by atoms with Crippen LogP contribution < -0.4 is 0 Å². The van der Waals surface area contributed by atoms with Crippen LogP contribution in [0.25, 0.3) is 0 Å². The van der Waals surface area contributed by atoms with Crippen molar-refractivity contribution in [3.8, 4) is 0 Å². The largest absolute Gasteiger partial charge is 0.465 e. The van der Waals surface area contributed by atoms with Crippen molar-refractivity contribution in [1.82, 2.24) is 0 Å². The van der Waals surface area contributed by atoms with Gasteiger partial charge in [-0.15, -0.1) is 0 Å². The van der Waals surface area contributed by atoms with Crippen molar-refractivity contribution in [2.45, 2.75) is 84.5 Å². The fraction of sp³-hybridized carbons (Fsp3) is 0.778. The summed E-state index contributed by atoms with van der Waals surface area (Å²) in [4.78, 5) is 0. The minimum absolute atomic E-state index is 0.114. The van der Waals surface area contributed by atoms with Crippen molar-refractivity contribution in [1.29, 1.82) is 0 Å². The van der Waals surface area contributed by atoms with Crippen molar-refractivity contribution in [3.05, 3.63) is 22.6 Å². The van der Waals surface area contributed by atoms with E-state index in [-0.39, 0.29) is 10.8 Å². The fourth-order valence-corrected chi connectivity index (χ4v) is 4.24. The third-order valence-corrected chi connectivity index (χ3v) is 5.38. The minimum Gasteiger partial charge on any atom is -0.465 e. The van der Waals surface area contributed by atoms with E-state index >= 15 is 0 Å². The van der Waals surface area contributed by atoms with Crippen LogP contribution in [0.2, 0.25) is 0 Å². The SMILES string of the molecule is CC(C)(C)c1oc2c3c1C(C)(C)CC3C(C)(C)CC2. The number of rotatable bonds is 0. The normalized spacial score (nSPS) is 27.4. The standard InChI is InChI=1S/C18H28O/c1-16(2,3)15-14-13-11(10-18(14,6)7)17(4,5)9-8-12(13)19-15/h11H,8-10H2,1-7H3. The fourth-order valence-electron chi connectivity index (χ4n) is 4.24. The first-order chi connectivity index (χ1) is 8.54. The maximum Gasteiger partial charge on any atom is 0.113 e. The van der Waals surface area contributed by atoms with Crippen LogP contribution in [0.15, 0.2) is 4.42 Å². The van der Waals surface area contributed by atoms with E-state index < -0.39 is 0 Å². The van der Waals surface area contributed by atoms with Crippen molar-refractivity contribution in [3.63, 3.8) is 0 Å². The zero-order valence-corrected chi connectivity index (χ0v) is 13.6. The zero-order valence-electron chi connectivity index (χ0n) is 13.6. The van der Waals surface area contributed by atoms with Gasteiger partial charge in [-0.05, 0) is 29.6 Å². The maximum absolute atomic E-state index is 6.35. The van der Waals surface area contributed by atoms with E-state index in [1.807, 2.05) is 0 Å². The van der Waals surface area contributed by atoms with Gasteiger partial charge < -0.3 is 4.42 Å². The molecular formula is C18H28O. The van der Waals surface area contributed by atoms with E-state index in [0.29, 0.717) is 11.3 Å². The van der Waals surface area contributed by atoms with E-state index in [2.05, 4.69) is 48.5 Å². The maximum atomic E-state index is 6.35. The van der Waals surface area contributed by atoms with E-state index in [1.54, 1.807) is 11.1 Å². The van der Waals surface area contributed by atoms with E-state index in [9.17, 15) is 0 Å². The molecule has 2 aliphatic carbocycles. The van der Waals surface area contributed by atoms with Gasteiger partial charge in [0.25, 0.3) is 0 Å². The molecule has 0 amide bonds. The number of hydrogen-bond donors (Lipinski definition) is 0. The second-order valence-electron chi connectivity index (χ2n) is 9.02. The Hall–Kier alpha value is -0.720. The van der Waals surface area contributed by atoms with Crippen LogP contribution in [0.1, 0.15) is 89.9 Å². The van der Waals surface area contributed by atoms with E-state index in [0.717, 1.165) is 6.42 Å². The molecular weight excluding hydrogens is 232 g/mol. The average Bonchev–Trinajstić information content (AvgIpc) is 2.72. The summed E-state index contributed by atoms with van der Waals surface area (Å²) in [5, 5.41) is 0. The van der Waals surface area contributed by atoms with Gasteiger partial charge in [-0.25, -0.2) is 0 Å². The molecule has 1 aromatic rings. The third-order valence-electron chi connectivity index (χ3n) is 5.38. The van der Waals surface area contributed by atoms with Crippen LogP contribution >= 0.6 is 0 Å². The molecule has 0 spiro atoms. The van der Waals surface area contributed by atoms with Crippen LogP contribution in [0.5, 0.6) is 0 Å². The Labute approximate surface area is 117 Å². The summed E-state index contributed by atoms with van der Waals surface area (Å²) in [7, 11) is 0. The molecule has 1 atom stereocenters. The molecule has 3 rings (SSSR count). The Kier molecular flexibility index (Phi) is 2.43. The highest BCUT2D eigenvalue weighted by Crippen LogP contribution is 2.60. The molecule has 1 heterocycles. The van der Waals surface area contributed by atoms with Crippen LogP contribution in [-0.4, -0.2) is 0 Å². The van der Waals surface area contributed by atoms with Gasteiger partial charge in [-0.2, -0.15) is 0 Å². The highest BCUT2D eigenvalue weighted by molar-refractivity contribution is 5.50. The summed E-state index contributed by atoms with van der Waals surface area (Å²) >= 11 is 0. The highest BCUT2D eigenvalue weighted by atomic mass is 16.3. The summed E-state index contributed by atoms with van der Waals surface area (Å²) in [6.07, 6.45) is 3.67. The quantitative estimate of drug-likeness (QED) is 0.615. The summed E-state index contributed by atoms with van der Waals surface area (Å²) in [6.45, 7) is 16.5. The Bertz CT molecular complexity index is 523. The molecule has 1 aromatic heterocycles. The van der Waals surface area contributed by atoms with Gasteiger partial charge in [-0.3, -0.25) is 0 Å². The average molecular weight is 260 g/mol. The van der Waals surface area contributed by atoms with E-state index in [4.69, 9.17) is 4.42 Å². The first kappa shape index (κ1) is 13.3. The molecule has 0 bridgehead atoms. The molecule has 1 heteroatoms. The second kappa shape index (κ2) is 3.48. The van der Waals surface area contributed by atoms with Crippen LogP contribution in [0, 0.1) is 5.41 Å². The lowest BCUT2D eigenvalue weighted by Gasteiger charge is -2.37. The monoisotopic (exact) mass is 260 g/mol. The number of hydrogen-bond acceptors (Lipinski definition) is 1.